The van der Waals surface area contributed by atoms with Gasteiger partial charge in [0.1, 0.15) is 5.82 Å². The minimum absolute atomic E-state index is 0.0109. The van der Waals surface area contributed by atoms with Gasteiger partial charge >= 0.3 is 0 Å². The van der Waals surface area contributed by atoms with Crippen molar-refractivity contribution in [3.63, 3.8) is 0 Å². The third-order valence-corrected chi connectivity index (χ3v) is 5.12. The lowest BCUT2D eigenvalue weighted by atomic mass is 9.92. The van der Waals surface area contributed by atoms with Gasteiger partial charge in [0.25, 0.3) is 5.56 Å². The van der Waals surface area contributed by atoms with Crippen LogP contribution < -0.4 is 10.9 Å². The summed E-state index contributed by atoms with van der Waals surface area (Å²) in [7, 11) is 1.72. The van der Waals surface area contributed by atoms with Gasteiger partial charge in [0.05, 0.1) is 28.9 Å². The average Bonchev–Trinajstić information content (AvgIpc) is 2.70. The van der Waals surface area contributed by atoms with Crippen molar-refractivity contribution in [2.24, 2.45) is 0 Å². The molecule has 1 N–H and O–H groups in total. The quantitative estimate of drug-likeness (QED) is 0.758. The molecule has 2 aromatic heterocycles. The normalized spacial score (nSPS) is 19.9. The predicted octanol–water partition coefficient (Wildman–Crippen LogP) is 3.80. The van der Waals surface area contributed by atoms with Crippen LogP contribution in [0, 0.1) is 5.82 Å². The first-order chi connectivity index (χ1) is 13.2. The van der Waals surface area contributed by atoms with Crippen molar-refractivity contribution < 1.29 is 9.13 Å². The molecule has 0 unspecified atom stereocenters. The van der Waals surface area contributed by atoms with Gasteiger partial charge in [0.15, 0.2) is 0 Å². The van der Waals surface area contributed by atoms with E-state index in [0.717, 1.165) is 31.4 Å². The van der Waals surface area contributed by atoms with Crippen LogP contribution in [0.25, 0.3) is 10.9 Å². The van der Waals surface area contributed by atoms with Crippen LogP contribution in [-0.4, -0.2) is 27.7 Å². The van der Waals surface area contributed by atoms with Gasteiger partial charge in [-0.1, -0.05) is 0 Å². The van der Waals surface area contributed by atoms with Crippen LogP contribution in [0.15, 0.2) is 47.5 Å². The molecule has 1 aromatic carbocycles. The Kier molecular flexibility index (Phi) is 4.85. The second-order valence-corrected chi connectivity index (χ2v) is 6.80. The zero-order valence-corrected chi connectivity index (χ0v) is 15.1. The van der Waals surface area contributed by atoms with Crippen molar-refractivity contribution in [2.45, 2.75) is 37.8 Å². The number of hydrogen-bond donors (Lipinski definition) is 1. The SMILES string of the molecule is COC1CCC(n2c(Nc3cccnc3)nc3ccc(F)cc3c2=O)CC1. The van der Waals surface area contributed by atoms with Crippen molar-refractivity contribution in [1.29, 1.82) is 0 Å². The maximum atomic E-state index is 13.7. The molecular weight excluding hydrogens is 347 g/mol. The minimum atomic E-state index is -0.441. The lowest BCUT2D eigenvalue weighted by molar-refractivity contribution is 0.0582. The van der Waals surface area contributed by atoms with E-state index in [1.54, 1.807) is 24.1 Å². The molecule has 4 rings (SSSR count). The Labute approximate surface area is 156 Å². The van der Waals surface area contributed by atoms with Crippen molar-refractivity contribution in [2.75, 3.05) is 12.4 Å². The summed E-state index contributed by atoms with van der Waals surface area (Å²) in [5, 5.41) is 3.50. The van der Waals surface area contributed by atoms with Crippen LogP contribution in [0.5, 0.6) is 0 Å². The number of aromatic nitrogens is 3. The summed E-state index contributed by atoms with van der Waals surface area (Å²) in [5.41, 5.74) is 0.978. The Hall–Kier alpha value is -2.80. The molecule has 140 valence electrons. The largest absolute Gasteiger partial charge is 0.381 e. The highest BCUT2D eigenvalue weighted by Gasteiger charge is 2.26. The van der Waals surface area contributed by atoms with Gasteiger partial charge in [-0.2, -0.15) is 0 Å². The number of hydrogen-bond acceptors (Lipinski definition) is 5. The number of rotatable bonds is 4. The summed E-state index contributed by atoms with van der Waals surface area (Å²) in [6.45, 7) is 0. The van der Waals surface area contributed by atoms with E-state index in [1.807, 2.05) is 12.1 Å². The maximum absolute atomic E-state index is 13.7. The highest BCUT2D eigenvalue weighted by Crippen LogP contribution is 2.31. The van der Waals surface area contributed by atoms with Gasteiger partial charge in [0.2, 0.25) is 5.95 Å². The fourth-order valence-electron chi connectivity index (χ4n) is 3.70. The molecular formula is C20H21FN4O2. The van der Waals surface area contributed by atoms with Crippen molar-refractivity contribution in [3.8, 4) is 0 Å². The van der Waals surface area contributed by atoms with Crippen LogP contribution in [0.4, 0.5) is 16.0 Å². The number of nitrogens with zero attached hydrogens (tertiary/aromatic N) is 3. The molecule has 6 nitrogen and oxygen atoms in total. The number of halogens is 1. The van der Waals surface area contributed by atoms with E-state index < -0.39 is 5.82 Å². The highest BCUT2D eigenvalue weighted by molar-refractivity contribution is 5.79. The molecule has 0 saturated heterocycles. The standard InChI is InChI=1S/C20H21FN4O2/c1-27-16-7-5-15(6-8-16)25-19(26)17-11-13(21)4-9-18(17)24-20(25)23-14-3-2-10-22-12-14/h2-4,9-12,15-16H,5-8H2,1H3,(H,23,24). The van der Waals surface area contributed by atoms with Gasteiger partial charge in [0, 0.05) is 19.3 Å². The first-order valence-electron chi connectivity index (χ1n) is 9.07. The third-order valence-electron chi connectivity index (χ3n) is 5.12. The molecule has 0 radical (unpaired) electrons. The maximum Gasteiger partial charge on any atom is 0.263 e. The van der Waals surface area contributed by atoms with E-state index in [-0.39, 0.29) is 17.7 Å². The third kappa shape index (κ3) is 3.55. The van der Waals surface area contributed by atoms with Crippen molar-refractivity contribution in [1.82, 2.24) is 14.5 Å². The van der Waals surface area contributed by atoms with Crippen molar-refractivity contribution >= 4 is 22.5 Å². The fraction of sp³-hybridized carbons (Fsp3) is 0.350. The van der Waals surface area contributed by atoms with Crippen molar-refractivity contribution in [3.05, 3.63) is 58.9 Å². The van der Waals surface area contributed by atoms with Crippen LogP contribution >= 0.6 is 0 Å². The highest BCUT2D eigenvalue weighted by atomic mass is 19.1. The molecule has 0 spiro atoms. The van der Waals surface area contributed by atoms with Gasteiger partial charge in [-0.3, -0.25) is 14.3 Å². The number of anilines is 2. The Bertz CT molecular complexity index is 998. The second-order valence-electron chi connectivity index (χ2n) is 6.80. The summed E-state index contributed by atoms with van der Waals surface area (Å²) in [5.74, 6) is 0.0111. The molecule has 1 aliphatic carbocycles. The summed E-state index contributed by atoms with van der Waals surface area (Å²) in [6.07, 6.45) is 6.94. The lowest BCUT2D eigenvalue weighted by Gasteiger charge is -2.30. The molecule has 3 aromatic rings. The van der Waals surface area contributed by atoms with Gasteiger partial charge < -0.3 is 10.1 Å². The van der Waals surface area contributed by atoms with E-state index >= 15 is 0 Å². The topological polar surface area (TPSA) is 69.0 Å². The Morgan fingerprint density at radius 3 is 2.74 bits per heavy atom. The zero-order valence-electron chi connectivity index (χ0n) is 15.1. The van der Waals surface area contributed by atoms with Gasteiger partial charge in [-0.05, 0) is 56.0 Å². The smallest absolute Gasteiger partial charge is 0.263 e. The first kappa shape index (κ1) is 17.6. The zero-order chi connectivity index (χ0) is 18.8. The Morgan fingerprint density at radius 1 is 1.22 bits per heavy atom. The van der Waals surface area contributed by atoms with E-state index in [1.165, 1.54) is 18.2 Å². The molecule has 27 heavy (non-hydrogen) atoms. The monoisotopic (exact) mass is 368 g/mol. The number of ether oxygens (including phenoxy) is 1. The molecule has 2 heterocycles. The van der Waals surface area contributed by atoms with E-state index in [4.69, 9.17) is 4.74 Å². The van der Waals surface area contributed by atoms with Gasteiger partial charge in [-0.15, -0.1) is 0 Å². The molecule has 1 saturated carbocycles. The lowest BCUT2D eigenvalue weighted by Crippen LogP contribution is -2.32. The Morgan fingerprint density at radius 2 is 2.04 bits per heavy atom. The number of methoxy groups -OCH3 is 1. The second kappa shape index (κ2) is 7.44. The van der Waals surface area contributed by atoms with Crippen LogP contribution in [0.1, 0.15) is 31.7 Å². The number of pyridine rings is 1. The molecule has 1 aliphatic rings. The fourth-order valence-corrected chi connectivity index (χ4v) is 3.70. The summed E-state index contributed by atoms with van der Waals surface area (Å²) in [4.78, 5) is 21.9. The first-order valence-corrected chi connectivity index (χ1v) is 9.07. The number of fused-ring (bicyclic) bond motifs is 1. The number of nitrogens with one attached hydrogen (secondary N) is 1. The van der Waals surface area contributed by atoms with Crippen LogP contribution in [-0.2, 0) is 4.74 Å². The van der Waals surface area contributed by atoms with Gasteiger partial charge in [-0.25, -0.2) is 9.37 Å². The van der Waals surface area contributed by atoms with E-state index in [0.29, 0.717) is 16.9 Å². The number of benzene rings is 1. The van der Waals surface area contributed by atoms with Crippen LogP contribution in [0.3, 0.4) is 0 Å². The molecule has 7 heteroatoms. The minimum Gasteiger partial charge on any atom is -0.381 e. The Balaban J connectivity index is 1.81. The molecule has 0 aliphatic heterocycles. The molecule has 0 bridgehead atoms. The molecule has 1 fully saturated rings. The molecule has 0 amide bonds. The summed E-state index contributed by atoms with van der Waals surface area (Å²) < 4.78 is 20.8. The average molecular weight is 368 g/mol. The summed E-state index contributed by atoms with van der Waals surface area (Å²) >= 11 is 0. The van der Waals surface area contributed by atoms with E-state index in [9.17, 15) is 9.18 Å². The predicted molar refractivity (Wildman–Crippen MR) is 102 cm³/mol. The van der Waals surface area contributed by atoms with Crippen LogP contribution in [0.2, 0.25) is 0 Å². The molecule has 0 atom stereocenters. The summed E-state index contributed by atoms with van der Waals surface area (Å²) in [6, 6.07) is 7.77. The van der Waals surface area contributed by atoms with E-state index in [2.05, 4.69) is 15.3 Å².